The number of nitriles is 1. The lowest BCUT2D eigenvalue weighted by atomic mass is 9.79. The quantitative estimate of drug-likeness (QED) is 0.713. The smallest absolute Gasteiger partial charge is 0.178 e. The number of carbonyl (C=O) groups excluding carboxylic acids is 1. The molecular weight excluding hydrogens is 198 g/mol. The molecule has 2 heteroatoms. The Morgan fingerprint density at radius 3 is 2.19 bits per heavy atom. The van der Waals surface area contributed by atoms with Crippen LogP contribution in [0, 0.1) is 11.3 Å². The molecule has 0 aliphatic heterocycles. The highest BCUT2D eigenvalue weighted by Crippen LogP contribution is 2.29. The number of ketones is 1. The maximum absolute atomic E-state index is 11.1. The summed E-state index contributed by atoms with van der Waals surface area (Å²) in [7, 11) is 0. The fraction of sp³-hybridized carbons (Fsp3) is 0.143. The predicted molar refractivity (Wildman–Crippen MR) is 61.8 cm³/mol. The first kappa shape index (κ1) is 10.4. The van der Waals surface area contributed by atoms with Crippen molar-refractivity contribution in [1.82, 2.24) is 0 Å². The van der Waals surface area contributed by atoms with Crippen molar-refractivity contribution in [3.05, 3.63) is 59.7 Å². The van der Waals surface area contributed by atoms with Crippen LogP contribution in [0.4, 0.5) is 0 Å². The minimum Gasteiger partial charge on any atom is -0.290 e. The van der Waals surface area contributed by atoms with Crippen molar-refractivity contribution in [1.29, 1.82) is 5.26 Å². The van der Waals surface area contributed by atoms with Gasteiger partial charge in [0.2, 0.25) is 0 Å². The van der Waals surface area contributed by atoms with Crippen molar-refractivity contribution >= 4 is 5.78 Å². The zero-order valence-electron chi connectivity index (χ0n) is 8.97. The first-order valence-electron chi connectivity index (χ1n) is 5.07. The van der Waals surface area contributed by atoms with Gasteiger partial charge in [-0.25, -0.2) is 0 Å². The van der Waals surface area contributed by atoms with Crippen molar-refractivity contribution < 1.29 is 4.79 Å². The van der Waals surface area contributed by atoms with E-state index in [1.54, 1.807) is 24.3 Å². The summed E-state index contributed by atoms with van der Waals surface area (Å²) >= 11 is 0. The van der Waals surface area contributed by atoms with Gasteiger partial charge in [-0.05, 0) is 36.8 Å². The minimum atomic E-state index is -0.248. The Kier molecular flexibility index (Phi) is 2.46. The molecule has 0 atom stereocenters. The van der Waals surface area contributed by atoms with Gasteiger partial charge < -0.3 is 0 Å². The van der Waals surface area contributed by atoms with Gasteiger partial charge in [0.25, 0.3) is 0 Å². The van der Waals surface area contributed by atoms with Crippen LogP contribution >= 0.6 is 0 Å². The van der Waals surface area contributed by atoms with Crippen LogP contribution in [0.1, 0.15) is 18.1 Å². The zero-order chi connectivity index (χ0) is 11.6. The molecule has 1 aromatic rings. The van der Waals surface area contributed by atoms with Gasteiger partial charge in [0.05, 0.1) is 11.6 Å². The Morgan fingerprint density at radius 2 is 1.69 bits per heavy atom. The first-order valence-corrected chi connectivity index (χ1v) is 5.07. The predicted octanol–water partition coefficient (Wildman–Crippen LogP) is 2.51. The summed E-state index contributed by atoms with van der Waals surface area (Å²) in [6.07, 6.45) is 6.93. The Bertz CT molecular complexity index is 499. The topological polar surface area (TPSA) is 40.9 Å². The first-order chi connectivity index (χ1) is 7.64. The molecule has 1 aliphatic rings. The van der Waals surface area contributed by atoms with E-state index in [-0.39, 0.29) is 11.2 Å². The molecular formula is C14H11NO. The molecule has 0 bridgehead atoms. The SMILES string of the molecule is CC1(c2ccc(C#N)cc2)C=CC(=O)C=C1. The van der Waals surface area contributed by atoms with Crippen LogP contribution in [0.5, 0.6) is 0 Å². The van der Waals surface area contributed by atoms with Crippen molar-refractivity contribution in [2.45, 2.75) is 12.3 Å². The molecule has 1 aromatic carbocycles. The Hall–Kier alpha value is -2.14. The van der Waals surface area contributed by atoms with E-state index in [2.05, 4.69) is 6.07 Å². The van der Waals surface area contributed by atoms with Gasteiger partial charge in [-0.15, -0.1) is 0 Å². The molecule has 1 aliphatic carbocycles. The van der Waals surface area contributed by atoms with Gasteiger partial charge in [0.15, 0.2) is 5.78 Å². The molecule has 0 heterocycles. The van der Waals surface area contributed by atoms with Crippen LogP contribution in [-0.4, -0.2) is 5.78 Å². The molecule has 0 radical (unpaired) electrons. The van der Waals surface area contributed by atoms with E-state index in [1.165, 1.54) is 0 Å². The van der Waals surface area contributed by atoms with Crippen molar-refractivity contribution in [3.63, 3.8) is 0 Å². The standard InChI is InChI=1S/C14H11NO/c1-14(8-6-13(16)7-9-14)12-4-2-11(10-15)3-5-12/h2-9H,1H3. The molecule has 0 spiro atoms. The number of benzene rings is 1. The average Bonchev–Trinajstić information content (AvgIpc) is 2.33. The second-order valence-electron chi connectivity index (χ2n) is 4.04. The summed E-state index contributed by atoms with van der Waals surface area (Å²) in [4.78, 5) is 11.1. The highest BCUT2D eigenvalue weighted by atomic mass is 16.1. The van der Waals surface area contributed by atoms with E-state index in [1.807, 2.05) is 31.2 Å². The molecule has 2 nitrogen and oxygen atoms in total. The molecule has 16 heavy (non-hydrogen) atoms. The Balaban J connectivity index is 2.38. The van der Waals surface area contributed by atoms with E-state index in [9.17, 15) is 4.79 Å². The molecule has 0 amide bonds. The van der Waals surface area contributed by atoms with Crippen molar-refractivity contribution in [3.8, 4) is 6.07 Å². The highest BCUT2D eigenvalue weighted by Gasteiger charge is 2.22. The normalized spacial score (nSPS) is 17.1. The van der Waals surface area contributed by atoms with Gasteiger partial charge in [-0.3, -0.25) is 4.79 Å². The third kappa shape index (κ3) is 1.80. The van der Waals surface area contributed by atoms with Crippen LogP contribution in [0.3, 0.4) is 0 Å². The Morgan fingerprint density at radius 1 is 1.12 bits per heavy atom. The number of rotatable bonds is 1. The van der Waals surface area contributed by atoms with Gasteiger partial charge in [0.1, 0.15) is 0 Å². The van der Waals surface area contributed by atoms with E-state index in [4.69, 9.17) is 5.26 Å². The molecule has 0 saturated heterocycles. The van der Waals surface area contributed by atoms with Crippen LogP contribution in [0.2, 0.25) is 0 Å². The fourth-order valence-corrected chi connectivity index (χ4v) is 1.72. The van der Waals surface area contributed by atoms with E-state index < -0.39 is 0 Å². The molecule has 0 fully saturated rings. The number of hydrogen-bond donors (Lipinski definition) is 0. The molecule has 0 N–H and O–H groups in total. The highest BCUT2D eigenvalue weighted by molar-refractivity contribution is 6.00. The second kappa shape index (κ2) is 3.79. The van der Waals surface area contributed by atoms with Gasteiger partial charge >= 0.3 is 0 Å². The van der Waals surface area contributed by atoms with E-state index in [0.717, 1.165) is 5.56 Å². The molecule has 0 saturated carbocycles. The van der Waals surface area contributed by atoms with Crippen LogP contribution < -0.4 is 0 Å². The molecule has 2 rings (SSSR count). The summed E-state index contributed by atoms with van der Waals surface area (Å²) in [6.45, 7) is 2.04. The van der Waals surface area contributed by atoms with Crippen LogP contribution in [0.15, 0.2) is 48.6 Å². The molecule has 0 unspecified atom stereocenters. The molecule has 0 aromatic heterocycles. The number of nitrogens with zero attached hydrogens (tertiary/aromatic N) is 1. The van der Waals surface area contributed by atoms with Crippen LogP contribution in [0.25, 0.3) is 0 Å². The van der Waals surface area contributed by atoms with Gasteiger partial charge in [-0.1, -0.05) is 24.3 Å². The van der Waals surface area contributed by atoms with E-state index in [0.29, 0.717) is 5.56 Å². The lowest BCUT2D eigenvalue weighted by Gasteiger charge is -2.24. The summed E-state index contributed by atoms with van der Waals surface area (Å²) in [6, 6.07) is 9.51. The lowest BCUT2D eigenvalue weighted by molar-refractivity contribution is -0.110. The summed E-state index contributed by atoms with van der Waals surface area (Å²) < 4.78 is 0. The summed E-state index contributed by atoms with van der Waals surface area (Å²) in [5.41, 5.74) is 1.47. The Labute approximate surface area is 94.5 Å². The number of carbonyl (C=O) groups is 1. The van der Waals surface area contributed by atoms with Gasteiger partial charge in [-0.2, -0.15) is 5.26 Å². The number of hydrogen-bond acceptors (Lipinski definition) is 2. The average molecular weight is 209 g/mol. The minimum absolute atomic E-state index is 0.0196. The fourth-order valence-electron chi connectivity index (χ4n) is 1.72. The maximum atomic E-state index is 11.1. The van der Waals surface area contributed by atoms with Crippen LogP contribution in [-0.2, 0) is 10.2 Å². The second-order valence-corrected chi connectivity index (χ2v) is 4.04. The largest absolute Gasteiger partial charge is 0.290 e. The molecule has 78 valence electrons. The van der Waals surface area contributed by atoms with Crippen molar-refractivity contribution in [2.24, 2.45) is 0 Å². The number of allylic oxidation sites excluding steroid dienone is 4. The monoisotopic (exact) mass is 209 g/mol. The van der Waals surface area contributed by atoms with Crippen molar-refractivity contribution in [2.75, 3.05) is 0 Å². The third-order valence-electron chi connectivity index (χ3n) is 2.82. The summed E-state index contributed by atoms with van der Waals surface area (Å²) in [5, 5.41) is 8.72. The lowest BCUT2D eigenvalue weighted by Crippen LogP contribution is -2.19. The third-order valence-corrected chi connectivity index (χ3v) is 2.82. The summed E-state index contributed by atoms with van der Waals surface area (Å²) in [5.74, 6) is 0.0196. The van der Waals surface area contributed by atoms with Gasteiger partial charge in [0, 0.05) is 5.41 Å². The van der Waals surface area contributed by atoms with E-state index >= 15 is 0 Å². The zero-order valence-corrected chi connectivity index (χ0v) is 8.97. The maximum Gasteiger partial charge on any atom is 0.178 e.